The standard InChI is InChI=1S/C20H23F2N3O3S/c1-3-25-9-8-19(24-25)23-20(26)16(10-13-11-17(21)18(22)12-13)14-4-6-15(7-5-14)29(2,27)28/h4-10,13,17-18H,3,11-12H2,1-2H3,(H,23,24,26)/b16-10+. The Labute approximate surface area is 168 Å². The second-order valence-corrected chi connectivity index (χ2v) is 9.17. The Bertz CT molecular complexity index is 1010. The van der Waals surface area contributed by atoms with Gasteiger partial charge in [0.15, 0.2) is 15.7 Å². The number of sulfone groups is 1. The highest BCUT2D eigenvalue weighted by Crippen LogP contribution is 2.34. The molecular weight excluding hydrogens is 400 g/mol. The lowest BCUT2D eigenvalue weighted by Crippen LogP contribution is -2.15. The van der Waals surface area contributed by atoms with Crippen LogP contribution in [0.2, 0.25) is 0 Å². The van der Waals surface area contributed by atoms with Crippen molar-refractivity contribution in [3.8, 4) is 0 Å². The summed E-state index contributed by atoms with van der Waals surface area (Å²) in [6.45, 7) is 2.55. The van der Waals surface area contributed by atoms with Gasteiger partial charge in [-0.2, -0.15) is 5.10 Å². The first-order chi connectivity index (χ1) is 13.7. The molecule has 0 bridgehead atoms. The molecule has 3 rings (SSSR count). The van der Waals surface area contributed by atoms with Crippen LogP contribution in [-0.4, -0.2) is 42.7 Å². The van der Waals surface area contributed by atoms with Crippen LogP contribution in [0.4, 0.5) is 14.6 Å². The van der Waals surface area contributed by atoms with Gasteiger partial charge in [0.1, 0.15) is 12.3 Å². The van der Waals surface area contributed by atoms with Gasteiger partial charge in [0.05, 0.1) is 4.90 Å². The number of hydrogen-bond acceptors (Lipinski definition) is 4. The van der Waals surface area contributed by atoms with Gasteiger partial charge in [0.2, 0.25) is 0 Å². The second-order valence-electron chi connectivity index (χ2n) is 7.15. The van der Waals surface area contributed by atoms with Crippen molar-refractivity contribution >= 4 is 27.1 Å². The molecule has 1 heterocycles. The zero-order valence-corrected chi connectivity index (χ0v) is 17.0. The number of benzene rings is 1. The van der Waals surface area contributed by atoms with Gasteiger partial charge in [0.25, 0.3) is 5.91 Å². The Morgan fingerprint density at radius 2 is 1.83 bits per heavy atom. The van der Waals surface area contributed by atoms with E-state index in [1.807, 2.05) is 6.92 Å². The molecule has 1 saturated carbocycles. The van der Waals surface area contributed by atoms with E-state index in [4.69, 9.17) is 0 Å². The van der Waals surface area contributed by atoms with E-state index in [0.717, 1.165) is 6.26 Å². The Morgan fingerprint density at radius 3 is 2.34 bits per heavy atom. The summed E-state index contributed by atoms with van der Waals surface area (Å²) in [5, 5.41) is 6.90. The third-order valence-corrected chi connectivity index (χ3v) is 6.02. The van der Waals surface area contributed by atoms with E-state index in [0.29, 0.717) is 17.9 Å². The average Bonchev–Trinajstić information content (AvgIpc) is 3.25. The number of amides is 1. The minimum atomic E-state index is -3.38. The quantitative estimate of drug-likeness (QED) is 0.722. The van der Waals surface area contributed by atoms with E-state index < -0.39 is 34.0 Å². The molecule has 1 N–H and O–H groups in total. The number of hydrogen-bond donors (Lipinski definition) is 1. The predicted molar refractivity (Wildman–Crippen MR) is 107 cm³/mol. The van der Waals surface area contributed by atoms with Crippen molar-refractivity contribution < 1.29 is 22.0 Å². The number of nitrogens with zero attached hydrogens (tertiary/aromatic N) is 2. The van der Waals surface area contributed by atoms with E-state index >= 15 is 0 Å². The molecule has 0 saturated heterocycles. The first kappa shape index (κ1) is 21.2. The van der Waals surface area contributed by atoms with Gasteiger partial charge < -0.3 is 5.32 Å². The summed E-state index contributed by atoms with van der Waals surface area (Å²) < 4.78 is 52.2. The number of nitrogens with one attached hydrogen (secondary N) is 1. The number of rotatable bonds is 6. The molecule has 0 spiro atoms. The molecule has 1 aromatic carbocycles. The molecule has 2 atom stereocenters. The van der Waals surface area contributed by atoms with E-state index in [1.165, 1.54) is 24.3 Å². The number of carbonyl (C=O) groups excluding carboxylic acids is 1. The van der Waals surface area contributed by atoms with Gasteiger partial charge in [-0.05, 0) is 43.4 Å². The molecule has 1 amide bonds. The molecule has 1 aliphatic carbocycles. The van der Waals surface area contributed by atoms with Crippen LogP contribution in [0, 0.1) is 5.92 Å². The van der Waals surface area contributed by atoms with Crippen molar-refractivity contribution in [1.82, 2.24) is 9.78 Å². The van der Waals surface area contributed by atoms with Crippen LogP contribution in [0.5, 0.6) is 0 Å². The van der Waals surface area contributed by atoms with Gasteiger partial charge >= 0.3 is 0 Å². The third kappa shape index (κ3) is 5.09. The molecule has 0 aliphatic heterocycles. The summed E-state index contributed by atoms with van der Waals surface area (Å²) in [5.41, 5.74) is 0.685. The Hall–Kier alpha value is -2.55. The van der Waals surface area contributed by atoms with Crippen molar-refractivity contribution in [3.05, 3.63) is 48.2 Å². The fraction of sp³-hybridized carbons (Fsp3) is 0.400. The minimum absolute atomic E-state index is 0.00380. The van der Waals surface area contributed by atoms with Crippen molar-refractivity contribution in [3.63, 3.8) is 0 Å². The second kappa shape index (κ2) is 8.44. The molecule has 1 aliphatic rings. The van der Waals surface area contributed by atoms with Crippen LogP contribution in [0.3, 0.4) is 0 Å². The van der Waals surface area contributed by atoms with Crippen molar-refractivity contribution in [2.75, 3.05) is 11.6 Å². The van der Waals surface area contributed by atoms with Crippen LogP contribution >= 0.6 is 0 Å². The molecule has 1 aromatic heterocycles. The number of aromatic nitrogens is 2. The van der Waals surface area contributed by atoms with E-state index in [1.54, 1.807) is 23.0 Å². The molecule has 2 unspecified atom stereocenters. The predicted octanol–water partition coefficient (Wildman–Crippen LogP) is 3.41. The lowest BCUT2D eigenvalue weighted by atomic mass is 9.98. The molecule has 29 heavy (non-hydrogen) atoms. The molecule has 156 valence electrons. The van der Waals surface area contributed by atoms with Gasteiger partial charge in [0, 0.05) is 30.6 Å². The Balaban J connectivity index is 1.91. The summed E-state index contributed by atoms with van der Waals surface area (Å²) in [4.78, 5) is 13.0. The number of allylic oxidation sites excluding steroid dienone is 1. The van der Waals surface area contributed by atoms with Crippen molar-refractivity contribution in [1.29, 1.82) is 0 Å². The van der Waals surface area contributed by atoms with Crippen molar-refractivity contribution in [2.24, 2.45) is 5.92 Å². The molecule has 6 nitrogen and oxygen atoms in total. The van der Waals surface area contributed by atoms with E-state index in [9.17, 15) is 22.0 Å². The molecule has 0 radical (unpaired) electrons. The molecular formula is C20H23F2N3O3S. The number of carbonyl (C=O) groups is 1. The largest absolute Gasteiger partial charge is 0.305 e. The molecule has 1 fully saturated rings. The topological polar surface area (TPSA) is 81.1 Å². The monoisotopic (exact) mass is 423 g/mol. The van der Waals surface area contributed by atoms with E-state index in [2.05, 4.69) is 10.4 Å². The maximum Gasteiger partial charge on any atom is 0.257 e. The maximum absolute atomic E-state index is 13.6. The lowest BCUT2D eigenvalue weighted by molar-refractivity contribution is -0.111. The average molecular weight is 423 g/mol. The van der Waals surface area contributed by atoms with Gasteiger partial charge in [-0.3, -0.25) is 9.48 Å². The Kier molecular flexibility index (Phi) is 6.16. The van der Waals surface area contributed by atoms with Crippen LogP contribution in [0.15, 0.2) is 47.5 Å². The normalized spacial score (nSPS) is 22.6. The number of halogens is 2. The first-order valence-corrected chi connectivity index (χ1v) is 11.2. The summed E-state index contributed by atoms with van der Waals surface area (Å²) in [6.07, 6.45) is 1.29. The number of anilines is 1. The smallest absolute Gasteiger partial charge is 0.257 e. The fourth-order valence-electron chi connectivity index (χ4n) is 3.31. The zero-order chi connectivity index (χ0) is 21.2. The highest BCUT2D eigenvalue weighted by molar-refractivity contribution is 7.90. The van der Waals surface area contributed by atoms with Crippen molar-refractivity contribution in [2.45, 2.75) is 43.5 Å². The lowest BCUT2D eigenvalue weighted by Gasteiger charge is -2.11. The summed E-state index contributed by atoms with van der Waals surface area (Å²) in [6, 6.07) is 7.49. The third-order valence-electron chi connectivity index (χ3n) is 4.90. The highest BCUT2D eigenvalue weighted by Gasteiger charge is 2.34. The van der Waals surface area contributed by atoms with Gasteiger partial charge in [-0.25, -0.2) is 17.2 Å². The van der Waals surface area contributed by atoms with E-state index in [-0.39, 0.29) is 23.3 Å². The summed E-state index contributed by atoms with van der Waals surface area (Å²) in [5.74, 6) is -0.548. The van der Waals surface area contributed by atoms with Crippen LogP contribution < -0.4 is 5.32 Å². The number of alkyl halides is 2. The summed E-state index contributed by atoms with van der Waals surface area (Å²) >= 11 is 0. The van der Waals surface area contributed by atoms with Gasteiger partial charge in [-0.1, -0.05) is 18.2 Å². The molecule has 2 aromatic rings. The van der Waals surface area contributed by atoms with Gasteiger partial charge in [-0.15, -0.1) is 0 Å². The Morgan fingerprint density at radius 1 is 1.21 bits per heavy atom. The SMILES string of the molecule is CCn1ccc(NC(=O)/C(=C/C2CC(F)C(F)C2)c2ccc(S(C)(=O)=O)cc2)n1. The minimum Gasteiger partial charge on any atom is -0.305 e. The highest BCUT2D eigenvalue weighted by atomic mass is 32.2. The fourth-order valence-corrected chi connectivity index (χ4v) is 3.95. The van der Waals surface area contributed by atoms with Crippen LogP contribution in [-0.2, 0) is 21.2 Å². The molecule has 9 heteroatoms. The first-order valence-electron chi connectivity index (χ1n) is 9.32. The van der Waals surface area contributed by atoms with Crippen LogP contribution in [0.25, 0.3) is 5.57 Å². The maximum atomic E-state index is 13.6. The summed E-state index contributed by atoms with van der Waals surface area (Å²) in [7, 11) is -3.38. The van der Waals surface area contributed by atoms with Crippen LogP contribution in [0.1, 0.15) is 25.3 Å². The number of aryl methyl sites for hydroxylation is 1. The zero-order valence-electron chi connectivity index (χ0n) is 16.2.